The van der Waals surface area contributed by atoms with Gasteiger partial charge < -0.3 is 9.15 Å². The van der Waals surface area contributed by atoms with E-state index in [0.29, 0.717) is 24.3 Å². The third kappa shape index (κ3) is 3.68. The maximum atomic E-state index is 11.3. The van der Waals surface area contributed by atoms with Crippen LogP contribution in [0.2, 0.25) is 0 Å². The number of hydrogen-bond acceptors (Lipinski definition) is 5. The van der Waals surface area contributed by atoms with Crippen LogP contribution in [0.25, 0.3) is 17.2 Å². The maximum absolute atomic E-state index is 11.3. The Hall–Kier alpha value is -2.61. The first kappa shape index (κ1) is 12.8. The second-order valence-corrected chi connectivity index (χ2v) is 3.78. The van der Waals surface area contributed by atoms with E-state index in [9.17, 15) is 4.79 Å². The van der Waals surface area contributed by atoms with Gasteiger partial charge >= 0.3 is 5.97 Å². The van der Waals surface area contributed by atoms with E-state index in [1.165, 1.54) is 12.2 Å². The molecule has 0 unspecified atom stereocenters. The number of carbonyl (C=O) groups excluding carboxylic acids is 1. The normalized spacial score (nSPS) is 10.7. The van der Waals surface area contributed by atoms with Crippen molar-refractivity contribution in [1.29, 1.82) is 5.26 Å². The average Bonchev–Trinajstić information content (AvgIpc) is 2.84. The van der Waals surface area contributed by atoms with Crippen LogP contribution in [-0.2, 0) is 9.53 Å². The van der Waals surface area contributed by atoms with Gasteiger partial charge in [-0.2, -0.15) is 5.26 Å². The molecule has 0 saturated carbocycles. The van der Waals surface area contributed by atoms with Crippen LogP contribution in [0.15, 0.2) is 34.8 Å². The number of nitriles is 1. The Labute approximate surface area is 110 Å². The van der Waals surface area contributed by atoms with Gasteiger partial charge in [0.15, 0.2) is 5.58 Å². The number of hydrogen-bond donors (Lipinski definition) is 0. The third-order valence-corrected chi connectivity index (χ3v) is 2.35. The number of esters is 1. The smallest absolute Gasteiger partial charge is 0.330 e. The quantitative estimate of drug-likeness (QED) is 0.467. The van der Waals surface area contributed by atoms with Crippen LogP contribution in [0.1, 0.15) is 18.7 Å². The summed E-state index contributed by atoms with van der Waals surface area (Å²) in [6.45, 7) is 0.240. The van der Waals surface area contributed by atoms with Crippen molar-refractivity contribution in [1.82, 2.24) is 4.98 Å². The molecule has 0 radical (unpaired) electrons. The molecule has 1 aromatic heterocycles. The van der Waals surface area contributed by atoms with Crippen molar-refractivity contribution in [2.45, 2.75) is 12.8 Å². The number of ether oxygens (including phenoxy) is 1. The maximum Gasteiger partial charge on any atom is 0.330 e. The number of rotatable bonds is 5. The zero-order valence-electron chi connectivity index (χ0n) is 10.2. The van der Waals surface area contributed by atoms with Crippen molar-refractivity contribution < 1.29 is 13.9 Å². The fourth-order valence-corrected chi connectivity index (χ4v) is 1.47. The lowest BCUT2D eigenvalue weighted by molar-refractivity contribution is -0.137. The van der Waals surface area contributed by atoms with Gasteiger partial charge in [-0.05, 0) is 18.6 Å². The molecule has 19 heavy (non-hydrogen) atoms. The molecule has 96 valence electrons. The second-order valence-electron chi connectivity index (χ2n) is 3.78. The summed E-state index contributed by atoms with van der Waals surface area (Å²) in [7, 11) is 0. The molecule has 2 aromatic rings. The van der Waals surface area contributed by atoms with E-state index in [1.807, 2.05) is 24.3 Å². The van der Waals surface area contributed by atoms with E-state index in [-0.39, 0.29) is 6.61 Å². The van der Waals surface area contributed by atoms with Crippen LogP contribution in [0, 0.1) is 11.3 Å². The lowest BCUT2D eigenvalue weighted by Gasteiger charge is -1.97. The molecule has 1 aromatic carbocycles. The van der Waals surface area contributed by atoms with E-state index >= 15 is 0 Å². The summed E-state index contributed by atoms with van der Waals surface area (Å²) in [6.07, 6.45) is 3.64. The molecule has 1 heterocycles. The zero-order valence-corrected chi connectivity index (χ0v) is 10.2. The van der Waals surface area contributed by atoms with Gasteiger partial charge in [-0.3, -0.25) is 0 Å². The third-order valence-electron chi connectivity index (χ3n) is 2.35. The Morgan fingerprint density at radius 3 is 3.11 bits per heavy atom. The average molecular weight is 256 g/mol. The minimum atomic E-state index is -0.472. The van der Waals surface area contributed by atoms with Gasteiger partial charge in [-0.25, -0.2) is 9.78 Å². The Morgan fingerprint density at radius 1 is 1.47 bits per heavy atom. The summed E-state index contributed by atoms with van der Waals surface area (Å²) < 4.78 is 10.3. The molecule has 0 amide bonds. The van der Waals surface area contributed by atoms with Crippen LogP contribution in [0.4, 0.5) is 0 Å². The molecule has 2 rings (SSSR count). The van der Waals surface area contributed by atoms with Crippen LogP contribution in [0.3, 0.4) is 0 Å². The lowest BCUT2D eigenvalue weighted by atomic mass is 10.3. The standard InChI is InChI=1S/C14H12N2O3/c15-9-3-4-10-18-14(17)8-7-13-16-11-5-1-2-6-12(11)19-13/h1-2,5-8H,3-4,10H2/b8-7+. The molecule has 0 atom stereocenters. The Morgan fingerprint density at radius 2 is 2.32 bits per heavy atom. The molecule has 0 bridgehead atoms. The largest absolute Gasteiger partial charge is 0.462 e. The summed E-state index contributed by atoms with van der Waals surface area (Å²) in [6, 6.07) is 9.33. The van der Waals surface area contributed by atoms with Gasteiger partial charge in [0.25, 0.3) is 0 Å². The van der Waals surface area contributed by atoms with Crippen molar-refractivity contribution >= 4 is 23.1 Å². The fourth-order valence-electron chi connectivity index (χ4n) is 1.47. The van der Waals surface area contributed by atoms with Crippen LogP contribution in [0.5, 0.6) is 0 Å². The number of unbranched alkanes of at least 4 members (excludes halogenated alkanes) is 1. The zero-order chi connectivity index (χ0) is 13.5. The van der Waals surface area contributed by atoms with Crippen LogP contribution < -0.4 is 0 Å². The van der Waals surface area contributed by atoms with Gasteiger partial charge in [0.2, 0.25) is 5.89 Å². The molecule has 0 aliphatic carbocycles. The van der Waals surface area contributed by atoms with Crippen molar-refractivity contribution in [2.24, 2.45) is 0 Å². The number of para-hydroxylation sites is 2. The summed E-state index contributed by atoms with van der Waals surface area (Å²) in [5.74, 6) is -0.115. The van der Waals surface area contributed by atoms with Crippen molar-refractivity contribution in [3.8, 4) is 6.07 Å². The molecule has 0 spiro atoms. The van der Waals surface area contributed by atoms with E-state index in [0.717, 1.165) is 5.52 Å². The van der Waals surface area contributed by atoms with E-state index < -0.39 is 5.97 Å². The number of oxazole rings is 1. The highest BCUT2D eigenvalue weighted by atomic mass is 16.5. The van der Waals surface area contributed by atoms with Crippen LogP contribution in [-0.4, -0.2) is 17.6 Å². The van der Waals surface area contributed by atoms with Gasteiger partial charge in [0.05, 0.1) is 12.7 Å². The summed E-state index contributed by atoms with van der Waals surface area (Å²) >= 11 is 0. The van der Waals surface area contributed by atoms with E-state index in [1.54, 1.807) is 6.07 Å². The van der Waals surface area contributed by atoms with Gasteiger partial charge in [-0.15, -0.1) is 0 Å². The predicted octanol–water partition coefficient (Wildman–Crippen LogP) is 2.69. The number of fused-ring (bicyclic) bond motifs is 1. The highest BCUT2D eigenvalue weighted by molar-refractivity contribution is 5.86. The molecular formula is C14H12N2O3. The highest BCUT2D eigenvalue weighted by Gasteiger charge is 2.02. The Bertz CT molecular complexity index is 604. The molecule has 0 N–H and O–H groups in total. The fraction of sp³-hybridized carbons (Fsp3) is 0.214. The molecule has 5 nitrogen and oxygen atoms in total. The first-order chi connectivity index (χ1) is 9.29. The monoisotopic (exact) mass is 256 g/mol. The van der Waals surface area contributed by atoms with Crippen molar-refractivity contribution in [3.05, 3.63) is 36.2 Å². The minimum absolute atomic E-state index is 0.240. The first-order valence-electron chi connectivity index (χ1n) is 5.87. The molecule has 5 heteroatoms. The predicted molar refractivity (Wildman–Crippen MR) is 68.8 cm³/mol. The van der Waals surface area contributed by atoms with Gasteiger partial charge in [0, 0.05) is 18.6 Å². The van der Waals surface area contributed by atoms with Crippen molar-refractivity contribution in [2.75, 3.05) is 6.61 Å². The topological polar surface area (TPSA) is 76.1 Å². The van der Waals surface area contributed by atoms with Gasteiger partial charge in [-0.1, -0.05) is 12.1 Å². The minimum Gasteiger partial charge on any atom is -0.462 e. The molecular weight excluding hydrogens is 244 g/mol. The number of nitrogens with zero attached hydrogens (tertiary/aromatic N) is 2. The van der Waals surface area contributed by atoms with Gasteiger partial charge in [0.1, 0.15) is 5.52 Å². The van der Waals surface area contributed by atoms with E-state index in [2.05, 4.69) is 4.98 Å². The highest BCUT2D eigenvalue weighted by Crippen LogP contribution is 2.15. The van der Waals surface area contributed by atoms with Crippen molar-refractivity contribution in [3.63, 3.8) is 0 Å². The van der Waals surface area contributed by atoms with Crippen LogP contribution >= 0.6 is 0 Å². The lowest BCUT2D eigenvalue weighted by Crippen LogP contribution is -2.01. The number of carbonyl (C=O) groups is 1. The van der Waals surface area contributed by atoms with E-state index in [4.69, 9.17) is 14.4 Å². The molecule has 0 aliphatic rings. The SMILES string of the molecule is N#CCCCOC(=O)/C=C/c1nc2ccccc2o1. The second kappa shape index (κ2) is 6.36. The Kier molecular flexibility index (Phi) is 4.29. The number of aromatic nitrogens is 1. The number of benzene rings is 1. The summed E-state index contributed by atoms with van der Waals surface area (Å²) in [5, 5.41) is 8.33. The Balaban J connectivity index is 1.91. The summed E-state index contributed by atoms with van der Waals surface area (Å²) in [5.41, 5.74) is 1.41. The summed E-state index contributed by atoms with van der Waals surface area (Å²) in [4.78, 5) is 15.5. The molecule has 0 fully saturated rings. The first-order valence-corrected chi connectivity index (χ1v) is 5.87. The molecule has 0 saturated heterocycles. The molecule has 0 aliphatic heterocycles.